The number of amides is 1. The Kier molecular flexibility index (Phi) is 5.62. The third-order valence-electron chi connectivity index (χ3n) is 4.58. The molecular weight excluding hydrogens is 302 g/mol. The molecule has 0 bridgehead atoms. The molecule has 1 heterocycles. The van der Waals surface area contributed by atoms with E-state index in [9.17, 15) is 4.79 Å². The number of rotatable bonds is 6. The Labute approximate surface area is 142 Å². The summed E-state index contributed by atoms with van der Waals surface area (Å²) >= 11 is 0. The fraction of sp³-hybridized carbons (Fsp3) is 0.526. The van der Waals surface area contributed by atoms with Gasteiger partial charge in [0.05, 0.1) is 6.04 Å². The first-order valence-corrected chi connectivity index (χ1v) is 8.95. The summed E-state index contributed by atoms with van der Waals surface area (Å²) in [6.45, 7) is 1.99. The molecule has 0 saturated carbocycles. The van der Waals surface area contributed by atoms with Crippen LogP contribution in [0.1, 0.15) is 67.9 Å². The van der Waals surface area contributed by atoms with E-state index in [2.05, 4.69) is 39.7 Å². The number of fused-ring (bicyclic) bond motifs is 1. The standard InChI is InChI=1S/C19H25N3O2/c1-2-17-21-19(24-22-17)13-7-12-18(23)20-16-11-6-4-9-14-8-3-5-10-15(14)16/h3,5,8,10,16H,2,4,6-7,9,11-13H2,1H3,(H,20,23)/t16-/m0/s1. The second-order valence-corrected chi connectivity index (χ2v) is 6.38. The van der Waals surface area contributed by atoms with Crippen molar-refractivity contribution in [3.63, 3.8) is 0 Å². The van der Waals surface area contributed by atoms with Gasteiger partial charge in [0.2, 0.25) is 11.8 Å². The van der Waals surface area contributed by atoms with Crippen LogP contribution < -0.4 is 5.32 Å². The van der Waals surface area contributed by atoms with Gasteiger partial charge in [-0.15, -0.1) is 0 Å². The Morgan fingerprint density at radius 1 is 1.33 bits per heavy atom. The number of hydrogen-bond donors (Lipinski definition) is 1. The third kappa shape index (κ3) is 4.22. The average Bonchev–Trinajstić information content (AvgIpc) is 2.96. The predicted octanol–water partition coefficient (Wildman–Crippen LogP) is 3.54. The molecule has 1 aromatic heterocycles. The van der Waals surface area contributed by atoms with E-state index in [1.807, 2.05) is 6.92 Å². The Morgan fingerprint density at radius 2 is 2.21 bits per heavy atom. The van der Waals surface area contributed by atoms with Crippen molar-refractivity contribution in [2.75, 3.05) is 0 Å². The van der Waals surface area contributed by atoms with E-state index in [0.29, 0.717) is 18.7 Å². The van der Waals surface area contributed by atoms with Crippen molar-refractivity contribution in [2.45, 2.75) is 64.3 Å². The summed E-state index contributed by atoms with van der Waals surface area (Å²) in [5.41, 5.74) is 2.66. The van der Waals surface area contributed by atoms with Crippen molar-refractivity contribution in [3.8, 4) is 0 Å². The minimum absolute atomic E-state index is 0.104. The summed E-state index contributed by atoms with van der Waals surface area (Å²) in [5, 5.41) is 7.09. The quantitative estimate of drug-likeness (QED) is 0.824. The number of hydrogen-bond acceptors (Lipinski definition) is 4. The molecule has 128 valence electrons. The summed E-state index contributed by atoms with van der Waals surface area (Å²) in [6.07, 6.45) is 7.12. The molecular formula is C19H25N3O2. The number of nitrogens with zero attached hydrogens (tertiary/aromatic N) is 2. The maximum atomic E-state index is 12.3. The number of nitrogens with one attached hydrogen (secondary N) is 1. The lowest BCUT2D eigenvalue weighted by Crippen LogP contribution is -2.28. The van der Waals surface area contributed by atoms with Gasteiger partial charge in [0.1, 0.15) is 0 Å². The first kappa shape index (κ1) is 16.7. The number of benzene rings is 1. The number of carbonyl (C=O) groups is 1. The zero-order valence-electron chi connectivity index (χ0n) is 14.3. The van der Waals surface area contributed by atoms with Gasteiger partial charge in [-0.2, -0.15) is 4.98 Å². The number of carbonyl (C=O) groups excluding carboxylic acids is 1. The van der Waals surface area contributed by atoms with Gasteiger partial charge in [-0.25, -0.2) is 0 Å². The molecule has 5 nitrogen and oxygen atoms in total. The van der Waals surface area contributed by atoms with Gasteiger partial charge in [0.25, 0.3) is 0 Å². The molecule has 24 heavy (non-hydrogen) atoms. The number of aryl methyl sites for hydroxylation is 3. The second-order valence-electron chi connectivity index (χ2n) is 6.38. The van der Waals surface area contributed by atoms with Gasteiger partial charge >= 0.3 is 0 Å². The van der Waals surface area contributed by atoms with E-state index in [1.165, 1.54) is 17.5 Å². The summed E-state index contributed by atoms with van der Waals surface area (Å²) < 4.78 is 5.16. The Hall–Kier alpha value is -2.17. The summed E-state index contributed by atoms with van der Waals surface area (Å²) in [5.74, 6) is 1.45. The SMILES string of the molecule is CCc1noc(CCCC(=O)N[C@H]2CCCCc3ccccc32)n1. The maximum Gasteiger partial charge on any atom is 0.226 e. The molecule has 1 amide bonds. The van der Waals surface area contributed by atoms with Crippen LogP contribution in [0, 0.1) is 0 Å². The van der Waals surface area contributed by atoms with Crippen molar-refractivity contribution in [1.82, 2.24) is 15.5 Å². The highest BCUT2D eigenvalue weighted by Crippen LogP contribution is 2.28. The fourth-order valence-electron chi connectivity index (χ4n) is 3.27. The monoisotopic (exact) mass is 327 g/mol. The lowest BCUT2D eigenvalue weighted by Gasteiger charge is -2.19. The number of aromatic nitrogens is 2. The molecule has 0 radical (unpaired) electrons. The zero-order chi connectivity index (χ0) is 16.8. The van der Waals surface area contributed by atoms with Gasteiger partial charge in [0.15, 0.2) is 5.82 Å². The highest BCUT2D eigenvalue weighted by atomic mass is 16.5. The molecule has 0 unspecified atom stereocenters. The Bertz CT molecular complexity index is 681. The van der Waals surface area contributed by atoms with Crippen molar-refractivity contribution < 1.29 is 9.32 Å². The molecule has 1 aliphatic rings. The van der Waals surface area contributed by atoms with Crippen LogP contribution in [0.4, 0.5) is 0 Å². The molecule has 1 aromatic carbocycles. The first-order chi connectivity index (χ1) is 11.8. The zero-order valence-corrected chi connectivity index (χ0v) is 14.3. The Morgan fingerprint density at radius 3 is 3.04 bits per heavy atom. The summed E-state index contributed by atoms with van der Waals surface area (Å²) in [7, 11) is 0. The molecule has 0 spiro atoms. The average molecular weight is 327 g/mol. The minimum Gasteiger partial charge on any atom is -0.349 e. The fourth-order valence-corrected chi connectivity index (χ4v) is 3.27. The molecule has 1 atom stereocenters. The lowest BCUT2D eigenvalue weighted by atomic mass is 9.99. The van der Waals surface area contributed by atoms with Crippen LogP contribution in [-0.2, 0) is 24.1 Å². The van der Waals surface area contributed by atoms with E-state index in [4.69, 9.17) is 4.52 Å². The highest BCUT2D eigenvalue weighted by molar-refractivity contribution is 5.76. The Balaban J connectivity index is 1.51. The van der Waals surface area contributed by atoms with Gasteiger partial charge in [-0.1, -0.05) is 42.8 Å². The van der Waals surface area contributed by atoms with Crippen LogP contribution in [0.25, 0.3) is 0 Å². The largest absolute Gasteiger partial charge is 0.349 e. The van der Waals surface area contributed by atoms with E-state index in [1.54, 1.807) is 0 Å². The molecule has 2 aromatic rings. The van der Waals surface area contributed by atoms with E-state index < -0.39 is 0 Å². The van der Waals surface area contributed by atoms with Gasteiger partial charge < -0.3 is 9.84 Å². The highest BCUT2D eigenvalue weighted by Gasteiger charge is 2.19. The summed E-state index contributed by atoms with van der Waals surface area (Å²) in [6, 6.07) is 8.62. The van der Waals surface area contributed by atoms with Crippen LogP contribution in [0.15, 0.2) is 28.8 Å². The van der Waals surface area contributed by atoms with E-state index >= 15 is 0 Å². The first-order valence-electron chi connectivity index (χ1n) is 8.95. The van der Waals surface area contributed by atoms with Crippen LogP contribution in [-0.4, -0.2) is 16.0 Å². The topological polar surface area (TPSA) is 68.0 Å². The third-order valence-corrected chi connectivity index (χ3v) is 4.58. The van der Waals surface area contributed by atoms with Gasteiger partial charge in [-0.3, -0.25) is 4.79 Å². The van der Waals surface area contributed by atoms with Crippen LogP contribution in [0.3, 0.4) is 0 Å². The van der Waals surface area contributed by atoms with Crippen molar-refractivity contribution in [3.05, 3.63) is 47.1 Å². The smallest absolute Gasteiger partial charge is 0.226 e. The molecule has 3 rings (SSSR count). The molecule has 0 aliphatic heterocycles. The van der Waals surface area contributed by atoms with Crippen LogP contribution in [0.5, 0.6) is 0 Å². The molecule has 1 N–H and O–H groups in total. The van der Waals surface area contributed by atoms with Crippen LogP contribution >= 0.6 is 0 Å². The van der Waals surface area contributed by atoms with Crippen LogP contribution in [0.2, 0.25) is 0 Å². The maximum absolute atomic E-state index is 12.3. The molecule has 0 saturated heterocycles. The normalized spacial score (nSPS) is 17.1. The minimum atomic E-state index is 0.104. The molecule has 1 aliphatic carbocycles. The van der Waals surface area contributed by atoms with E-state index in [-0.39, 0.29) is 11.9 Å². The molecule has 5 heteroatoms. The summed E-state index contributed by atoms with van der Waals surface area (Å²) in [4.78, 5) is 16.6. The predicted molar refractivity (Wildman–Crippen MR) is 91.5 cm³/mol. The molecule has 0 fully saturated rings. The van der Waals surface area contributed by atoms with E-state index in [0.717, 1.165) is 37.9 Å². The van der Waals surface area contributed by atoms with Gasteiger partial charge in [-0.05, 0) is 36.8 Å². The van der Waals surface area contributed by atoms with Crippen molar-refractivity contribution >= 4 is 5.91 Å². The van der Waals surface area contributed by atoms with Crippen molar-refractivity contribution in [1.29, 1.82) is 0 Å². The lowest BCUT2D eigenvalue weighted by molar-refractivity contribution is -0.122. The second kappa shape index (κ2) is 8.08. The van der Waals surface area contributed by atoms with Gasteiger partial charge in [0, 0.05) is 19.3 Å². The van der Waals surface area contributed by atoms with Crippen molar-refractivity contribution in [2.24, 2.45) is 0 Å².